The molecule has 6 nitrogen and oxygen atoms in total. The minimum atomic E-state index is -0.232. The zero-order valence-electron chi connectivity index (χ0n) is 16.0. The smallest absolute Gasteiger partial charge is 0.253 e. The molecule has 2 aliphatic rings. The van der Waals surface area contributed by atoms with Crippen LogP contribution in [0.2, 0.25) is 5.02 Å². The number of halogens is 1. The molecule has 0 unspecified atom stereocenters. The highest BCUT2D eigenvalue weighted by Crippen LogP contribution is 2.30. The summed E-state index contributed by atoms with van der Waals surface area (Å²) in [6.45, 7) is 1.83. The SMILES string of the molecule is O=C(NC[C@@H]1COc2ccccc2O1)[C@H]1CCCN(C(=O)c2ccc(Cl)cc2)C1. The number of carbonyl (C=O) groups is 2. The summed E-state index contributed by atoms with van der Waals surface area (Å²) in [4.78, 5) is 27.1. The molecule has 2 aromatic rings. The van der Waals surface area contributed by atoms with Gasteiger partial charge in [-0.1, -0.05) is 23.7 Å². The predicted molar refractivity (Wildman–Crippen MR) is 109 cm³/mol. The number of nitrogens with one attached hydrogen (secondary N) is 1. The summed E-state index contributed by atoms with van der Waals surface area (Å²) in [6, 6.07) is 14.3. The van der Waals surface area contributed by atoms with Gasteiger partial charge >= 0.3 is 0 Å². The number of amides is 2. The molecule has 29 heavy (non-hydrogen) atoms. The maximum Gasteiger partial charge on any atom is 0.253 e. The van der Waals surface area contributed by atoms with Crippen molar-refractivity contribution in [2.24, 2.45) is 5.92 Å². The topological polar surface area (TPSA) is 67.9 Å². The van der Waals surface area contributed by atoms with E-state index in [1.807, 2.05) is 24.3 Å². The van der Waals surface area contributed by atoms with Crippen LogP contribution >= 0.6 is 11.6 Å². The fourth-order valence-corrected chi connectivity index (χ4v) is 3.80. The maximum absolute atomic E-state index is 12.7. The van der Waals surface area contributed by atoms with Gasteiger partial charge in [-0.25, -0.2) is 0 Å². The Balaban J connectivity index is 1.30. The Kier molecular flexibility index (Phi) is 5.90. The number of fused-ring (bicyclic) bond motifs is 1. The zero-order valence-corrected chi connectivity index (χ0v) is 16.7. The van der Waals surface area contributed by atoms with Crippen molar-refractivity contribution in [3.8, 4) is 11.5 Å². The molecule has 0 aliphatic carbocycles. The normalized spacial score (nSPS) is 20.8. The van der Waals surface area contributed by atoms with Crippen LogP contribution in [-0.4, -0.2) is 49.1 Å². The van der Waals surface area contributed by atoms with Crippen LogP contribution in [-0.2, 0) is 4.79 Å². The number of benzene rings is 2. The standard InChI is InChI=1S/C22H23ClN2O4/c23-17-9-7-15(8-10-17)22(27)25-11-3-4-16(13-25)21(26)24-12-18-14-28-19-5-1-2-6-20(19)29-18/h1-2,5-10,16,18H,3-4,11-14H2,(H,24,26)/t16-,18+/m0/s1. The van der Waals surface area contributed by atoms with Crippen LogP contribution < -0.4 is 14.8 Å². The van der Waals surface area contributed by atoms with Crippen LogP contribution in [0.1, 0.15) is 23.2 Å². The summed E-state index contributed by atoms with van der Waals surface area (Å²) >= 11 is 5.90. The zero-order chi connectivity index (χ0) is 20.2. The lowest BCUT2D eigenvalue weighted by molar-refractivity contribution is -0.126. The third kappa shape index (κ3) is 4.65. The minimum absolute atomic E-state index is 0.0546. The van der Waals surface area contributed by atoms with Gasteiger partial charge in [-0.3, -0.25) is 9.59 Å². The number of likely N-dealkylation sites (tertiary alicyclic amines) is 1. The number of hydrogen-bond acceptors (Lipinski definition) is 4. The van der Waals surface area contributed by atoms with E-state index in [0.29, 0.717) is 42.6 Å². The molecule has 0 spiro atoms. The molecule has 7 heteroatoms. The molecule has 152 valence electrons. The number of piperidine rings is 1. The van der Waals surface area contributed by atoms with Crippen molar-refractivity contribution in [3.05, 3.63) is 59.1 Å². The van der Waals surface area contributed by atoms with Gasteiger partial charge in [-0.05, 0) is 49.2 Å². The van der Waals surface area contributed by atoms with Gasteiger partial charge in [0.25, 0.3) is 5.91 Å². The molecule has 0 saturated carbocycles. The first-order valence-electron chi connectivity index (χ1n) is 9.81. The monoisotopic (exact) mass is 414 g/mol. The molecule has 2 aliphatic heterocycles. The second-order valence-corrected chi connectivity index (χ2v) is 7.78. The van der Waals surface area contributed by atoms with Gasteiger partial charge < -0.3 is 19.7 Å². The Morgan fingerprint density at radius 3 is 2.66 bits per heavy atom. The molecule has 4 rings (SSSR count). The number of para-hydroxylation sites is 2. The second-order valence-electron chi connectivity index (χ2n) is 7.34. The third-order valence-corrected chi connectivity index (χ3v) is 5.49. The van der Waals surface area contributed by atoms with Crippen LogP contribution in [0.5, 0.6) is 11.5 Å². The fourth-order valence-electron chi connectivity index (χ4n) is 3.67. The highest BCUT2D eigenvalue weighted by molar-refractivity contribution is 6.30. The summed E-state index contributed by atoms with van der Waals surface area (Å²) in [5.74, 6) is 1.06. The lowest BCUT2D eigenvalue weighted by Gasteiger charge is -2.33. The molecule has 2 amide bonds. The fraction of sp³-hybridized carbons (Fsp3) is 0.364. The Morgan fingerprint density at radius 1 is 1.10 bits per heavy atom. The Morgan fingerprint density at radius 2 is 1.86 bits per heavy atom. The molecule has 2 heterocycles. The van der Waals surface area contributed by atoms with E-state index in [1.165, 1.54) is 0 Å². The summed E-state index contributed by atoms with van der Waals surface area (Å²) < 4.78 is 11.6. The first-order chi connectivity index (χ1) is 14.1. The summed E-state index contributed by atoms with van der Waals surface area (Å²) in [7, 11) is 0. The molecular weight excluding hydrogens is 392 g/mol. The van der Waals surface area contributed by atoms with Crippen LogP contribution in [0.15, 0.2) is 48.5 Å². The molecule has 1 saturated heterocycles. The Labute approximate surface area is 174 Å². The maximum atomic E-state index is 12.7. The average Bonchev–Trinajstić information content (AvgIpc) is 2.77. The van der Waals surface area contributed by atoms with Crippen molar-refractivity contribution in [1.29, 1.82) is 0 Å². The van der Waals surface area contributed by atoms with Gasteiger partial charge in [0.1, 0.15) is 12.7 Å². The summed E-state index contributed by atoms with van der Waals surface area (Å²) in [5, 5.41) is 3.55. The molecule has 0 radical (unpaired) electrons. The van der Waals surface area contributed by atoms with E-state index < -0.39 is 0 Å². The second kappa shape index (κ2) is 8.74. The molecule has 1 fully saturated rings. The van der Waals surface area contributed by atoms with Gasteiger partial charge in [0.2, 0.25) is 5.91 Å². The van der Waals surface area contributed by atoms with Crippen LogP contribution in [0.25, 0.3) is 0 Å². The van der Waals surface area contributed by atoms with Crippen LogP contribution in [0.4, 0.5) is 0 Å². The summed E-state index contributed by atoms with van der Waals surface area (Å²) in [6.07, 6.45) is 1.33. The van der Waals surface area contributed by atoms with Crippen molar-refractivity contribution in [3.63, 3.8) is 0 Å². The largest absolute Gasteiger partial charge is 0.486 e. The molecule has 2 atom stereocenters. The van der Waals surface area contributed by atoms with Crippen molar-refractivity contribution >= 4 is 23.4 Å². The first-order valence-corrected chi connectivity index (χ1v) is 10.2. The van der Waals surface area contributed by atoms with Gasteiger partial charge in [0.05, 0.1) is 12.5 Å². The Hall–Kier alpha value is -2.73. The van der Waals surface area contributed by atoms with Gasteiger partial charge in [0, 0.05) is 23.7 Å². The quantitative estimate of drug-likeness (QED) is 0.834. The van der Waals surface area contributed by atoms with Gasteiger partial charge in [-0.2, -0.15) is 0 Å². The van der Waals surface area contributed by atoms with Crippen molar-refractivity contribution in [2.75, 3.05) is 26.2 Å². The molecular formula is C22H23ClN2O4. The number of hydrogen-bond donors (Lipinski definition) is 1. The molecule has 2 aromatic carbocycles. The van der Waals surface area contributed by atoms with Crippen molar-refractivity contribution < 1.29 is 19.1 Å². The average molecular weight is 415 g/mol. The highest BCUT2D eigenvalue weighted by Gasteiger charge is 2.30. The lowest BCUT2D eigenvalue weighted by Crippen LogP contribution is -2.48. The van der Waals surface area contributed by atoms with Crippen LogP contribution in [0.3, 0.4) is 0 Å². The van der Waals surface area contributed by atoms with Crippen LogP contribution in [0, 0.1) is 5.92 Å². The number of ether oxygens (including phenoxy) is 2. The van der Waals surface area contributed by atoms with E-state index in [1.54, 1.807) is 29.2 Å². The first kappa shape index (κ1) is 19.6. The van der Waals surface area contributed by atoms with E-state index >= 15 is 0 Å². The number of rotatable bonds is 4. The van der Waals surface area contributed by atoms with E-state index in [9.17, 15) is 9.59 Å². The van der Waals surface area contributed by atoms with E-state index in [0.717, 1.165) is 18.6 Å². The predicted octanol–water partition coefficient (Wildman–Crippen LogP) is 3.15. The summed E-state index contributed by atoms with van der Waals surface area (Å²) in [5.41, 5.74) is 0.585. The molecule has 0 aromatic heterocycles. The van der Waals surface area contributed by atoms with E-state index in [4.69, 9.17) is 21.1 Å². The van der Waals surface area contributed by atoms with E-state index in [-0.39, 0.29) is 23.8 Å². The Bertz CT molecular complexity index is 887. The van der Waals surface area contributed by atoms with Crippen molar-refractivity contribution in [1.82, 2.24) is 10.2 Å². The molecule has 1 N–H and O–H groups in total. The van der Waals surface area contributed by atoms with Crippen molar-refractivity contribution in [2.45, 2.75) is 18.9 Å². The number of carbonyl (C=O) groups excluding carboxylic acids is 2. The third-order valence-electron chi connectivity index (χ3n) is 5.24. The number of nitrogens with zero attached hydrogens (tertiary/aromatic N) is 1. The van der Waals surface area contributed by atoms with E-state index in [2.05, 4.69) is 5.32 Å². The lowest BCUT2D eigenvalue weighted by atomic mass is 9.96. The highest BCUT2D eigenvalue weighted by atomic mass is 35.5. The van der Waals surface area contributed by atoms with Gasteiger partial charge in [0.15, 0.2) is 11.5 Å². The molecule has 0 bridgehead atoms. The van der Waals surface area contributed by atoms with Gasteiger partial charge in [-0.15, -0.1) is 0 Å². The minimum Gasteiger partial charge on any atom is -0.486 e.